The van der Waals surface area contributed by atoms with E-state index < -0.39 is 35.0 Å². The number of esters is 1. The fourth-order valence-corrected chi connectivity index (χ4v) is 3.46. The van der Waals surface area contributed by atoms with Gasteiger partial charge < -0.3 is 9.64 Å². The molecule has 1 aliphatic rings. The Morgan fingerprint density at radius 2 is 1.89 bits per heavy atom. The number of ether oxygens (including phenoxy) is 1. The Kier molecular flexibility index (Phi) is 5.02. The van der Waals surface area contributed by atoms with Crippen LogP contribution in [-0.4, -0.2) is 30.9 Å². The van der Waals surface area contributed by atoms with Crippen LogP contribution in [0.3, 0.4) is 0 Å². The molecule has 2 aromatic rings. The number of hydrogen-bond donors (Lipinski definition) is 0. The molecule has 2 aromatic carbocycles. The topological polar surface area (TPSA) is 46.6 Å². The Morgan fingerprint density at radius 3 is 2.48 bits per heavy atom. The van der Waals surface area contributed by atoms with Crippen LogP contribution in [0, 0.1) is 17.0 Å². The standard InChI is InChI=1S/C20H16ClF2NO3/c1-24-17(13-4-6-14(22)7-5-13)20(18(24)25,19(26)27-2)10-9-12-3-8-15(21)16(23)11-12/h3-11,17H,1-2H3/b10-9+/t17-,20+/m1/s1. The zero-order valence-corrected chi connectivity index (χ0v) is 15.3. The minimum Gasteiger partial charge on any atom is -0.468 e. The third-order valence-corrected chi connectivity index (χ3v) is 4.99. The fraction of sp³-hybridized carbons (Fsp3) is 0.200. The van der Waals surface area contributed by atoms with Crippen molar-refractivity contribution in [3.8, 4) is 0 Å². The van der Waals surface area contributed by atoms with Crippen LogP contribution in [0.25, 0.3) is 6.08 Å². The monoisotopic (exact) mass is 391 g/mol. The first-order chi connectivity index (χ1) is 12.8. The molecule has 1 heterocycles. The van der Waals surface area contributed by atoms with Gasteiger partial charge in [0, 0.05) is 7.05 Å². The molecule has 0 saturated carbocycles. The summed E-state index contributed by atoms with van der Waals surface area (Å²) in [6.45, 7) is 0. The predicted octanol–water partition coefficient (Wildman–Crippen LogP) is 4.00. The highest BCUT2D eigenvalue weighted by molar-refractivity contribution is 6.30. The van der Waals surface area contributed by atoms with E-state index >= 15 is 0 Å². The van der Waals surface area contributed by atoms with E-state index in [1.165, 1.54) is 60.6 Å². The van der Waals surface area contributed by atoms with Gasteiger partial charge in [0.1, 0.15) is 11.6 Å². The number of carbonyl (C=O) groups excluding carboxylic acids is 2. The molecule has 0 aliphatic carbocycles. The van der Waals surface area contributed by atoms with Gasteiger partial charge in [-0.3, -0.25) is 9.59 Å². The summed E-state index contributed by atoms with van der Waals surface area (Å²) < 4.78 is 31.8. The molecular formula is C20H16ClF2NO3. The molecule has 0 N–H and O–H groups in total. The highest BCUT2D eigenvalue weighted by Gasteiger charge is 2.64. The highest BCUT2D eigenvalue weighted by Crippen LogP contribution is 2.51. The molecule has 0 aromatic heterocycles. The molecular weight excluding hydrogens is 376 g/mol. The molecule has 1 amide bonds. The number of β-lactam (4-membered cyclic amide) rings is 1. The van der Waals surface area contributed by atoms with Crippen LogP contribution >= 0.6 is 11.6 Å². The van der Waals surface area contributed by atoms with Gasteiger partial charge in [-0.1, -0.05) is 42.0 Å². The molecule has 3 rings (SSSR count). The zero-order chi connectivity index (χ0) is 19.8. The highest BCUT2D eigenvalue weighted by atomic mass is 35.5. The number of halogens is 3. The van der Waals surface area contributed by atoms with Gasteiger partial charge in [-0.05, 0) is 35.4 Å². The van der Waals surface area contributed by atoms with Crippen LogP contribution in [0.2, 0.25) is 5.02 Å². The quantitative estimate of drug-likeness (QED) is 0.449. The smallest absolute Gasteiger partial charge is 0.327 e. The molecule has 0 radical (unpaired) electrons. The number of amides is 1. The third-order valence-electron chi connectivity index (χ3n) is 4.68. The molecule has 1 fully saturated rings. The van der Waals surface area contributed by atoms with E-state index in [9.17, 15) is 18.4 Å². The number of likely N-dealkylation sites (tertiary alicyclic amines) is 1. The summed E-state index contributed by atoms with van der Waals surface area (Å²) >= 11 is 5.68. The summed E-state index contributed by atoms with van der Waals surface area (Å²) in [5.74, 6) is -2.25. The van der Waals surface area contributed by atoms with E-state index in [1.807, 2.05) is 0 Å². The number of hydrogen-bond acceptors (Lipinski definition) is 3. The third kappa shape index (κ3) is 3.10. The first-order valence-corrected chi connectivity index (χ1v) is 8.44. The van der Waals surface area contributed by atoms with Crippen LogP contribution in [0.15, 0.2) is 48.5 Å². The number of methoxy groups -OCH3 is 1. The van der Waals surface area contributed by atoms with Gasteiger partial charge in [0.2, 0.25) is 5.91 Å². The molecule has 0 bridgehead atoms. The van der Waals surface area contributed by atoms with Gasteiger partial charge in [0.05, 0.1) is 18.2 Å². The van der Waals surface area contributed by atoms with Crippen molar-refractivity contribution in [3.63, 3.8) is 0 Å². The first-order valence-electron chi connectivity index (χ1n) is 8.06. The van der Waals surface area contributed by atoms with Crippen molar-refractivity contribution < 1.29 is 23.1 Å². The van der Waals surface area contributed by atoms with Gasteiger partial charge in [-0.25, -0.2) is 8.78 Å². The summed E-state index contributed by atoms with van der Waals surface area (Å²) in [4.78, 5) is 26.6. The maximum atomic E-state index is 13.7. The predicted molar refractivity (Wildman–Crippen MR) is 96.8 cm³/mol. The minimum atomic E-state index is -1.61. The molecule has 7 heteroatoms. The van der Waals surface area contributed by atoms with Gasteiger partial charge in [-0.2, -0.15) is 0 Å². The lowest BCUT2D eigenvalue weighted by Gasteiger charge is -2.51. The number of rotatable bonds is 4. The Hall–Kier alpha value is -2.73. The van der Waals surface area contributed by atoms with Gasteiger partial charge in [-0.15, -0.1) is 0 Å². The Balaban J connectivity index is 2.06. The Morgan fingerprint density at radius 1 is 1.22 bits per heavy atom. The molecule has 27 heavy (non-hydrogen) atoms. The van der Waals surface area contributed by atoms with Crippen LogP contribution < -0.4 is 0 Å². The van der Waals surface area contributed by atoms with Crippen molar-refractivity contribution in [1.29, 1.82) is 0 Å². The molecule has 4 nitrogen and oxygen atoms in total. The maximum Gasteiger partial charge on any atom is 0.327 e. The lowest BCUT2D eigenvalue weighted by molar-refractivity contribution is -0.180. The van der Waals surface area contributed by atoms with E-state index in [-0.39, 0.29) is 5.02 Å². The fourth-order valence-electron chi connectivity index (χ4n) is 3.34. The zero-order valence-electron chi connectivity index (χ0n) is 14.6. The van der Waals surface area contributed by atoms with E-state index in [2.05, 4.69) is 0 Å². The maximum absolute atomic E-state index is 13.7. The van der Waals surface area contributed by atoms with E-state index in [1.54, 1.807) is 13.1 Å². The van der Waals surface area contributed by atoms with Crippen molar-refractivity contribution in [2.75, 3.05) is 14.2 Å². The van der Waals surface area contributed by atoms with Crippen molar-refractivity contribution in [3.05, 3.63) is 76.3 Å². The normalized spacial score (nSPS) is 22.0. The van der Waals surface area contributed by atoms with E-state index in [4.69, 9.17) is 16.3 Å². The molecule has 1 saturated heterocycles. The van der Waals surface area contributed by atoms with Gasteiger partial charge >= 0.3 is 5.97 Å². The first kappa shape index (κ1) is 19.0. The summed E-state index contributed by atoms with van der Waals surface area (Å²) in [6, 6.07) is 9.00. The van der Waals surface area contributed by atoms with Crippen molar-refractivity contribution in [1.82, 2.24) is 4.90 Å². The Bertz CT molecular complexity index is 919. The number of benzene rings is 2. The SMILES string of the molecule is COC(=O)[C@]1(/C=C/c2ccc(Cl)c(F)c2)C(=O)N(C)[C@@H]1c1ccc(F)cc1. The minimum absolute atomic E-state index is 0.0292. The molecule has 2 atom stereocenters. The summed E-state index contributed by atoms with van der Waals surface area (Å²) in [7, 11) is 2.74. The van der Waals surface area contributed by atoms with E-state index in [0.717, 1.165) is 0 Å². The molecule has 140 valence electrons. The molecule has 0 spiro atoms. The average molecular weight is 392 g/mol. The van der Waals surface area contributed by atoms with Crippen molar-refractivity contribution >= 4 is 29.6 Å². The van der Waals surface area contributed by atoms with E-state index in [0.29, 0.717) is 11.1 Å². The largest absolute Gasteiger partial charge is 0.468 e. The second-order valence-electron chi connectivity index (χ2n) is 6.24. The number of nitrogens with zero attached hydrogens (tertiary/aromatic N) is 1. The summed E-state index contributed by atoms with van der Waals surface area (Å²) in [5, 5.41) is -0.0292. The summed E-state index contributed by atoms with van der Waals surface area (Å²) in [5.41, 5.74) is -0.603. The van der Waals surface area contributed by atoms with Crippen LogP contribution in [0.1, 0.15) is 17.2 Å². The van der Waals surface area contributed by atoms with Crippen LogP contribution in [0.5, 0.6) is 0 Å². The average Bonchev–Trinajstić information content (AvgIpc) is 2.67. The summed E-state index contributed by atoms with van der Waals surface area (Å²) in [6.07, 6.45) is 2.87. The van der Waals surface area contributed by atoms with Crippen molar-refractivity contribution in [2.24, 2.45) is 5.41 Å². The molecule has 1 aliphatic heterocycles. The van der Waals surface area contributed by atoms with Crippen molar-refractivity contribution in [2.45, 2.75) is 6.04 Å². The lowest BCUT2D eigenvalue weighted by atomic mass is 9.67. The second-order valence-corrected chi connectivity index (χ2v) is 6.64. The molecule has 0 unspecified atom stereocenters. The van der Waals surface area contributed by atoms with Gasteiger partial charge in [0.25, 0.3) is 0 Å². The van der Waals surface area contributed by atoms with Crippen LogP contribution in [0.4, 0.5) is 8.78 Å². The Labute approximate surface area is 160 Å². The second kappa shape index (κ2) is 7.12. The number of carbonyl (C=O) groups is 2. The van der Waals surface area contributed by atoms with Crippen LogP contribution in [-0.2, 0) is 14.3 Å². The lowest BCUT2D eigenvalue weighted by Crippen LogP contribution is -2.64. The van der Waals surface area contributed by atoms with Gasteiger partial charge in [0.15, 0.2) is 5.41 Å².